The molecule has 1 saturated carbocycles. The van der Waals surface area contributed by atoms with Crippen LogP contribution in [-0.4, -0.2) is 43.0 Å². The maximum atomic E-state index is 10.8. The van der Waals surface area contributed by atoms with Gasteiger partial charge in [-0.05, 0) is 38.0 Å². The largest absolute Gasteiger partial charge is 0.492 e. The second-order valence-electron chi connectivity index (χ2n) is 4.88. The molecule has 0 unspecified atom stereocenters. The van der Waals surface area contributed by atoms with Gasteiger partial charge in [0.05, 0.1) is 11.7 Å². The van der Waals surface area contributed by atoms with E-state index in [9.17, 15) is 4.79 Å². The van der Waals surface area contributed by atoms with Crippen molar-refractivity contribution in [3.63, 3.8) is 0 Å². The first-order valence-electron chi connectivity index (χ1n) is 7.00. The summed E-state index contributed by atoms with van der Waals surface area (Å²) in [7, 11) is 0. The number of benzene rings is 1. The van der Waals surface area contributed by atoms with Crippen LogP contribution < -0.4 is 10.1 Å². The zero-order chi connectivity index (χ0) is 14.4. The molecule has 2 rings (SSSR count). The maximum Gasteiger partial charge on any atom is 0.335 e. The molecule has 0 spiro atoms. The van der Waals surface area contributed by atoms with Gasteiger partial charge < -0.3 is 19.9 Å². The number of carbonyl (C=O) groups is 1. The maximum absolute atomic E-state index is 10.8. The van der Waals surface area contributed by atoms with Crippen LogP contribution in [0.15, 0.2) is 24.3 Å². The molecule has 1 fully saturated rings. The van der Waals surface area contributed by atoms with E-state index in [1.54, 1.807) is 18.2 Å². The molecule has 1 aliphatic carbocycles. The van der Waals surface area contributed by atoms with Crippen LogP contribution in [0.25, 0.3) is 0 Å². The van der Waals surface area contributed by atoms with E-state index in [1.165, 1.54) is 6.07 Å². The number of aromatic carboxylic acids is 1. The van der Waals surface area contributed by atoms with E-state index in [2.05, 4.69) is 5.32 Å². The first kappa shape index (κ1) is 14.8. The summed E-state index contributed by atoms with van der Waals surface area (Å²) in [6.07, 6.45) is 2.52. The number of hydrogen-bond acceptors (Lipinski definition) is 4. The number of rotatable bonds is 8. The molecular formula is C15H21NO4. The second kappa shape index (κ2) is 7.26. The molecule has 0 atom stereocenters. The molecule has 0 saturated heterocycles. The summed E-state index contributed by atoms with van der Waals surface area (Å²) in [6, 6.07) is 7.05. The summed E-state index contributed by atoms with van der Waals surface area (Å²) in [6.45, 7) is 4.07. The van der Waals surface area contributed by atoms with Gasteiger partial charge in [-0.2, -0.15) is 0 Å². The van der Waals surface area contributed by atoms with Crippen molar-refractivity contribution in [3.05, 3.63) is 29.8 Å². The highest BCUT2D eigenvalue weighted by Gasteiger charge is 2.28. The zero-order valence-corrected chi connectivity index (χ0v) is 11.7. The normalized spacial score (nSPS) is 21.2. The van der Waals surface area contributed by atoms with Gasteiger partial charge in [-0.1, -0.05) is 6.07 Å². The third kappa shape index (κ3) is 4.21. The number of carboxylic acids is 1. The highest BCUT2D eigenvalue weighted by molar-refractivity contribution is 5.87. The topological polar surface area (TPSA) is 67.8 Å². The Kier molecular flexibility index (Phi) is 5.38. The lowest BCUT2D eigenvalue weighted by atomic mass is 9.89. The van der Waals surface area contributed by atoms with Crippen molar-refractivity contribution in [3.8, 4) is 5.75 Å². The Hall–Kier alpha value is -1.59. The van der Waals surface area contributed by atoms with Crippen molar-refractivity contribution >= 4 is 5.97 Å². The van der Waals surface area contributed by atoms with E-state index in [0.717, 1.165) is 26.0 Å². The van der Waals surface area contributed by atoms with Gasteiger partial charge in [-0.25, -0.2) is 4.79 Å². The molecule has 5 heteroatoms. The van der Waals surface area contributed by atoms with Crippen molar-refractivity contribution < 1.29 is 19.4 Å². The number of hydrogen-bond donors (Lipinski definition) is 2. The Morgan fingerprint density at radius 1 is 1.45 bits per heavy atom. The van der Waals surface area contributed by atoms with Crippen molar-refractivity contribution in [2.45, 2.75) is 31.9 Å². The predicted octanol–water partition coefficient (Wildman–Crippen LogP) is 1.92. The minimum absolute atomic E-state index is 0.244. The first-order valence-corrected chi connectivity index (χ1v) is 7.00. The van der Waals surface area contributed by atoms with Crippen molar-refractivity contribution in [1.82, 2.24) is 5.32 Å². The van der Waals surface area contributed by atoms with Gasteiger partial charge in [-0.15, -0.1) is 0 Å². The van der Waals surface area contributed by atoms with Crippen LogP contribution in [0, 0.1) is 0 Å². The number of carboxylic acid groups (broad SMARTS) is 1. The number of ether oxygens (including phenoxy) is 2. The lowest BCUT2D eigenvalue weighted by molar-refractivity contribution is -0.0103. The monoisotopic (exact) mass is 279 g/mol. The van der Waals surface area contributed by atoms with Crippen molar-refractivity contribution in [2.75, 3.05) is 19.8 Å². The highest BCUT2D eigenvalue weighted by Crippen LogP contribution is 2.22. The standard InChI is InChI=1S/C15H21NO4/c1-2-19-14-9-12(10-14)16-6-7-20-13-5-3-4-11(8-13)15(17)18/h3-5,8,12,14,16H,2,6-7,9-10H2,1H3,(H,17,18). The quantitative estimate of drug-likeness (QED) is 0.712. The van der Waals surface area contributed by atoms with Crippen LogP contribution in [-0.2, 0) is 4.74 Å². The fourth-order valence-electron chi connectivity index (χ4n) is 2.25. The fourth-order valence-corrected chi connectivity index (χ4v) is 2.25. The third-order valence-corrected chi connectivity index (χ3v) is 3.38. The van der Waals surface area contributed by atoms with E-state index in [1.807, 2.05) is 6.92 Å². The average Bonchev–Trinajstić information content (AvgIpc) is 2.40. The van der Waals surface area contributed by atoms with E-state index in [-0.39, 0.29) is 5.56 Å². The molecule has 1 aromatic rings. The van der Waals surface area contributed by atoms with Crippen LogP contribution in [0.5, 0.6) is 5.75 Å². The lowest BCUT2D eigenvalue weighted by Crippen LogP contribution is -2.46. The van der Waals surface area contributed by atoms with Crippen LogP contribution in [0.1, 0.15) is 30.1 Å². The molecule has 0 amide bonds. The van der Waals surface area contributed by atoms with Crippen molar-refractivity contribution in [2.24, 2.45) is 0 Å². The van der Waals surface area contributed by atoms with Gasteiger partial charge >= 0.3 is 5.97 Å². The highest BCUT2D eigenvalue weighted by atomic mass is 16.5. The summed E-state index contributed by atoms with van der Waals surface area (Å²) in [4.78, 5) is 10.8. The molecule has 5 nitrogen and oxygen atoms in total. The Balaban J connectivity index is 1.62. The molecule has 110 valence electrons. The summed E-state index contributed by atoms with van der Waals surface area (Å²) < 4.78 is 11.0. The first-order chi connectivity index (χ1) is 9.69. The molecule has 0 aliphatic heterocycles. The van der Waals surface area contributed by atoms with Gasteiger partial charge in [-0.3, -0.25) is 0 Å². The van der Waals surface area contributed by atoms with E-state index in [4.69, 9.17) is 14.6 Å². The van der Waals surface area contributed by atoms with Crippen LogP contribution >= 0.6 is 0 Å². The van der Waals surface area contributed by atoms with E-state index < -0.39 is 5.97 Å². The SMILES string of the molecule is CCOC1CC(NCCOc2cccc(C(=O)O)c2)C1. The predicted molar refractivity (Wildman–Crippen MR) is 75.3 cm³/mol. The average molecular weight is 279 g/mol. The van der Waals surface area contributed by atoms with E-state index in [0.29, 0.717) is 24.5 Å². The fraction of sp³-hybridized carbons (Fsp3) is 0.533. The van der Waals surface area contributed by atoms with Gasteiger partial charge in [0, 0.05) is 19.2 Å². The Bertz CT molecular complexity index is 443. The second-order valence-corrected chi connectivity index (χ2v) is 4.88. The van der Waals surface area contributed by atoms with Gasteiger partial charge in [0.15, 0.2) is 0 Å². The smallest absolute Gasteiger partial charge is 0.335 e. The molecule has 0 heterocycles. The minimum Gasteiger partial charge on any atom is -0.492 e. The summed E-state index contributed by atoms with van der Waals surface area (Å²) in [5.74, 6) is -0.350. The Labute approximate surface area is 118 Å². The van der Waals surface area contributed by atoms with E-state index >= 15 is 0 Å². The molecule has 2 N–H and O–H groups in total. The van der Waals surface area contributed by atoms with Gasteiger partial charge in [0.1, 0.15) is 12.4 Å². The molecule has 1 aliphatic rings. The Morgan fingerprint density at radius 3 is 2.95 bits per heavy atom. The summed E-state index contributed by atoms with van der Waals surface area (Å²) in [5.41, 5.74) is 0.244. The molecular weight excluding hydrogens is 258 g/mol. The molecule has 0 radical (unpaired) electrons. The van der Waals surface area contributed by atoms with Gasteiger partial charge in [0.2, 0.25) is 0 Å². The van der Waals surface area contributed by atoms with Crippen LogP contribution in [0.4, 0.5) is 0 Å². The summed E-state index contributed by atoms with van der Waals surface area (Å²) >= 11 is 0. The Morgan fingerprint density at radius 2 is 2.25 bits per heavy atom. The third-order valence-electron chi connectivity index (χ3n) is 3.38. The zero-order valence-electron chi connectivity index (χ0n) is 11.7. The van der Waals surface area contributed by atoms with Crippen LogP contribution in [0.3, 0.4) is 0 Å². The van der Waals surface area contributed by atoms with Gasteiger partial charge in [0.25, 0.3) is 0 Å². The molecule has 0 aromatic heterocycles. The summed E-state index contributed by atoms with van der Waals surface area (Å²) in [5, 5.41) is 12.3. The lowest BCUT2D eigenvalue weighted by Gasteiger charge is -2.35. The minimum atomic E-state index is -0.940. The molecule has 0 bridgehead atoms. The van der Waals surface area contributed by atoms with Crippen LogP contribution in [0.2, 0.25) is 0 Å². The van der Waals surface area contributed by atoms with Crippen molar-refractivity contribution in [1.29, 1.82) is 0 Å². The molecule has 20 heavy (non-hydrogen) atoms. The number of nitrogens with one attached hydrogen (secondary N) is 1. The molecule has 1 aromatic carbocycles.